The summed E-state index contributed by atoms with van der Waals surface area (Å²) in [5, 5.41) is 9.77. The zero-order chi connectivity index (χ0) is 18.6. The summed E-state index contributed by atoms with van der Waals surface area (Å²) in [7, 11) is 0. The van der Waals surface area contributed by atoms with Gasteiger partial charge in [0.05, 0.1) is 16.7 Å². The molecule has 0 atom stereocenters. The van der Waals surface area contributed by atoms with E-state index in [9.17, 15) is 0 Å². The third-order valence-electron chi connectivity index (χ3n) is 5.98. The van der Waals surface area contributed by atoms with Gasteiger partial charge in [0.15, 0.2) is 0 Å². The molecule has 0 saturated carbocycles. The summed E-state index contributed by atoms with van der Waals surface area (Å²) in [5.41, 5.74) is 0.685. The number of hydrogen-bond donors (Lipinski definition) is 0. The molecule has 0 aromatic carbocycles. The molecule has 0 amide bonds. The van der Waals surface area contributed by atoms with Crippen LogP contribution in [-0.2, 0) is 0 Å². The van der Waals surface area contributed by atoms with Gasteiger partial charge in [-0.05, 0) is 61.8 Å². The Labute approximate surface area is 165 Å². The molecule has 2 aromatic heterocycles. The molecule has 2 saturated heterocycles. The van der Waals surface area contributed by atoms with E-state index in [2.05, 4.69) is 25.8 Å². The van der Waals surface area contributed by atoms with Gasteiger partial charge in [-0.1, -0.05) is 11.6 Å². The van der Waals surface area contributed by atoms with Gasteiger partial charge in [0, 0.05) is 38.6 Å². The monoisotopic (exact) mass is 381 g/mol. The first-order valence-electron chi connectivity index (χ1n) is 9.70. The van der Waals surface area contributed by atoms with Crippen molar-refractivity contribution in [2.75, 3.05) is 36.0 Å². The number of hydrogen-bond acceptors (Lipinski definition) is 5. The van der Waals surface area contributed by atoms with Gasteiger partial charge in [0.1, 0.15) is 11.6 Å². The maximum absolute atomic E-state index is 9.08. The van der Waals surface area contributed by atoms with E-state index in [-0.39, 0.29) is 0 Å². The highest BCUT2D eigenvalue weighted by Crippen LogP contribution is 2.34. The molecule has 140 valence electrons. The highest BCUT2D eigenvalue weighted by Gasteiger charge is 2.30. The molecular formula is C21H24ClN5. The van der Waals surface area contributed by atoms with Crippen LogP contribution in [0.4, 0.5) is 11.6 Å². The van der Waals surface area contributed by atoms with Crippen molar-refractivity contribution in [3.8, 4) is 6.07 Å². The number of anilines is 2. The second-order valence-corrected chi connectivity index (χ2v) is 7.93. The molecular weight excluding hydrogens is 358 g/mol. The van der Waals surface area contributed by atoms with E-state index in [0.29, 0.717) is 10.6 Å². The first-order chi connectivity index (χ1) is 13.2. The third-order valence-corrected chi connectivity index (χ3v) is 6.20. The number of aromatic nitrogens is 2. The van der Waals surface area contributed by atoms with Crippen LogP contribution in [0.2, 0.25) is 5.02 Å². The second kappa shape index (κ2) is 8.14. The number of halogens is 1. The van der Waals surface area contributed by atoms with Gasteiger partial charge in [-0.2, -0.15) is 5.26 Å². The fourth-order valence-electron chi connectivity index (χ4n) is 4.42. The molecule has 2 aliphatic heterocycles. The van der Waals surface area contributed by atoms with Gasteiger partial charge >= 0.3 is 0 Å². The molecule has 0 radical (unpaired) electrons. The minimum absolute atomic E-state index is 0.685. The predicted molar refractivity (Wildman–Crippen MR) is 108 cm³/mol. The Hall–Kier alpha value is -2.32. The van der Waals surface area contributed by atoms with E-state index in [4.69, 9.17) is 16.9 Å². The van der Waals surface area contributed by atoms with Crippen LogP contribution >= 0.6 is 11.6 Å². The van der Waals surface area contributed by atoms with Crippen LogP contribution in [-0.4, -0.2) is 36.1 Å². The molecule has 2 aromatic rings. The van der Waals surface area contributed by atoms with Gasteiger partial charge in [0.2, 0.25) is 0 Å². The van der Waals surface area contributed by atoms with Crippen LogP contribution in [0.3, 0.4) is 0 Å². The van der Waals surface area contributed by atoms with E-state index in [1.807, 2.05) is 18.2 Å². The van der Waals surface area contributed by atoms with Gasteiger partial charge in [0.25, 0.3) is 0 Å². The first-order valence-corrected chi connectivity index (χ1v) is 10.1. The van der Waals surface area contributed by atoms with Crippen molar-refractivity contribution in [2.45, 2.75) is 25.7 Å². The van der Waals surface area contributed by atoms with Crippen LogP contribution in [0.1, 0.15) is 31.2 Å². The fourth-order valence-corrected chi connectivity index (χ4v) is 4.53. The molecule has 0 N–H and O–H groups in total. The van der Waals surface area contributed by atoms with Crippen molar-refractivity contribution in [1.29, 1.82) is 5.26 Å². The lowest BCUT2D eigenvalue weighted by Crippen LogP contribution is -2.41. The molecule has 0 unspecified atom stereocenters. The molecule has 6 heteroatoms. The molecule has 4 rings (SSSR count). The normalized spacial score (nSPS) is 19.1. The molecule has 5 nitrogen and oxygen atoms in total. The lowest BCUT2D eigenvalue weighted by Gasteiger charge is -2.40. The topological polar surface area (TPSA) is 56.1 Å². The summed E-state index contributed by atoms with van der Waals surface area (Å²) in [4.78, 5) is 13.6. The Morgan fingerprint density at radius 3 is 2.07 bits per heavy atom. The highest BCUT2D eigenvalue weighted by molar-refractivity contribution is 6.30. The van der Waals surface area contributed by atoms with Crippen molar-refractivity contribution < 1.29 is 0 Å². The van der Waals surface area contributed by atoms with Crippen LogP contribution in [0.25, 0.3) is 0 Å². The van der Waals surface area contributed by atoms with Gasteiger partial charge in [-0.25, -0.2) is 9.97 Å². The summed E-state index contributed by atoms with van der Waals surface area (Å²) < 4.78 is 0. The van der Waals surface area contributed by atoms with E-state index in [0.717, 1.165) is 49.7 Å². The summed E-state index contributed by atoms with van der Waals surface area (Å²) in [6.07, 6.45) is 8.35. The van der Waals surface area contributed by atoms with Crippen LogP contribution in [0.5, 0.6) is 0 Å². The minimum atomic E-state index is 0.685. The highest BCUT2D eigenvalue weighted by atomic mass is 35.5. The molecule has 4 heterocycles. The SMILES string of the molecule is N#Cc1ccnc(N2CCC(C3CCN(c4ccc(Cl)cn4)CC3)CC2)c1. The van der Waals surface area contributed by atoms with E-state index >= 15 is 0 Å². The second-order valence-electron chi connectivity index (χ2n) is 7.50. The maximum Gasteiger partial charge on any atom is 0.129 e. The van der Waals surface area contributed by atoms with Crippen molar-refractivity contribution >= 4 is 23.2 Å². The number of rotatable bonds is 3. The van der Waals surface area contributed by atoms with Crippen LogP contribution in [0.15, 0.2) is 36.7 Å². The van der Waals surface area contributed by atoms with Crippen molar-refractivity contribution in [3.05, 3.63) is 47.2 Å². The molecule has 0 aliphatic carbocycles. The lowest BCUT2D eigenvalue weighted by molar-refractivity contribution is 0.232. The van der Waals surface area contributed by atoms with Crippen molar-refractivity contribution in [1.82, 2.24) is 9.97 Å². The van der Waals surface area contributed by atoms with E-state index in [1.165, 1.54) is 25.7 Å². The van der Waals surface area contributed by atoms with Crippen molar-refractivity contribution in [3.63, 3.8) is 0 Å². The maximum atomic E-state index is 9.08. The average Bonchev–Trinajstić information content (AvgIpc) is 2.75. The van der Waals surface area contributed by atoms with Crippen molar-refractivity contribution in [2.24, 2.45) is 11.8 Å². The first kappa shape index (κ1) is 18.1. The zero-order valence-electron chi connectivity index (χ0n) is 15.4. The van der Waals surface area contributed by atoms with E-state index < -0.39 is 0 Å². The predicted octanol–water partition coefficient (Wildman–Crippen LogP) is 4.13. The van der Waals surface area contributed by atoms with Gasteiger partial charge in [-0.15, -0.1) is 0 Å². The van der Waals surface area contributed by atoms with E-state index in [1.54, 1.807) is 18.5 Å². The Morgan fingerprint density at radius 1 is 0.889 bits per heavy atom. The molecule has 2 aliphatic rings. The third kappa shape index (κ3) is 4.17. The number of nitriles is 1. The standard InChI is InChI=1S/C21H24ClN5/c22-19-1-2-20(25-15-19)26-9-4-17(5-10-26)18-6-11-27(12-7-18)21-13-16(14-23)3-8-24-21/h1-3,8,13,15,17-18H,4-7,9-12H2. The molecule has 0 bridgehead atoms. The Balaban J connectivity index is 1.29. The molecule has 2 fully saturated rings. The Kier molecular flexibility index (Phi) is 5.45. The largest absolute Gasteiger partial charge is 0.357 e. The smallest absolute Gasteiger partial charge is 0.129 e. The minimum Gasteiger partial charge on any atom is -0.357 e. The molecule has 0 spiro atoms. The summed E-state index contributed by atoms with van der Waals surface area (Å²) in [5.74, 6) is 3.57. The summed E-state index contributed by atoms with van der Waals surface area (Å²) in [6.45, 7) is 4.22. The number of nitrogens with zero attached hydrogens (tertiary/aromatic N) is 5. The zero-order valence-corrected chi connectivity index (χ0v) is 16.1. The number of pyridine rings is 2. The average molecular weight is 382 g/mol. The van der Waals surface area contributed by atoms with Crippen LogP contribution in [0, 0.1) is 23.2 Å². The summed E-state index contributed by atoms with van der Waals surface area (Å²) in [6, 6.07) is 9.80. The molecule has 27 heavy (non-hydrogen) atoms. The Bertz CT molecular complexity index is 800. The number of piperidine rings is 2. The fraction of sp³-hybridized carbons (Fsp3) is 0.476. The quantitative estimate of drug-likeness (QED) is 0.799. The van der Waals surface area contributed by atoms with Gasteiger partial charge < -0.3 is 9.80 Å². The Morgan fingerprint density at radius 2 is 1.52 bits per heavy atom. The van der Waals surface area contributed by atoms with Crippen LogP contribution < -0.4 is 9.80 Å². The summed E-state index contributed by atoms with van der Waals surface area (Å²) >= 11 is 5.94. The van der Waals surface area contributed by atoms with Gasteiger partial charge in [-0.3, -0.25) is 0 Å². The lowest BCUT2D eigenvalue weighted by atomic mass is 9.79.